The largest absolute Gasteiger partial charge is 0.455 e. The van der Waals surface area contributed by atoms with E-state index < -0.39 is 0 Å². The third kappa shape index (κ3) is 3.57. The Hall–Kier alpha value is -1.96. The first-order chi connectivity index (χ1) is 10.3. The van der Waals surface area contributed by atoms with Crippen molar-refractivity contribution >= 4 is 5.69 Å². The number of rotatable bonds is 4. The summed E-state index contributed by atoms with van der Waals surface area (Å²) in [5.41, 5.74) is 1.10. The van der Waals surface area contributed by atoms with Gasteiger partial charge in [-0.2, -0.15) is 0 Å². The summed E-state index contributed by atoms with van der Waals surface area (Å²) in [5.74, 6) is 2.51. The summed E-state index contributed by atoms with van der Waals surface area (Å²) in [6, 6.07) is 18.7. The Morgan fingerprint density at radius 3 is 2.43 bits per heavy atom. The van der Waals surface area contributed by atoms with Gasteiger partial charge in [0.25, 0.3) is 0 Å². The lowest BCUT2D eigenvalue weighted by Gasteiger charge is -2.31. The van der Waals surface area contributed by atoms with Gasteiger partial charge in [0.2, 0.25) is 0 Å². The van der Waals surface area contributed by atoms with Gasteiger partial charge in [-0.05, 0) is 43.0 Å². The highest BCUT2D eigenvalue weighted by Gasteiger charge is 2.21. The lowest BCUT2D eigenvalue weighted by molar-refractivity contribution is 0.348. The molecular weight excluding hydrogens is 258 g/mol. The van der Waals surface area contributed by atoms with E-state index in [4.69, 9.17) is 4.74 Å². The van der Waals surface area contributed by atoms with E-state index in [2.05, 4.69) is 24.4 Å². The molecule has 2 unspecified atom stereocenters. The van der Waals surface area contributed by atoms with E-state index in [-0.39, 0.29) is 0 Å². The molecule has 2 atom stereocenters. The van der Waals surface area contributed by atoms with Crippen LogP contribution in [0, 0.1) is 5.92 Å². The van der Waals surface area contributed by atoms with Crippen molar-refractivity contribution in [1.29, 1.82) is 0 Å². The number of anilines is 1. The van der Waals surface area contributed by atoms with Gasteiger partial charge >= 0.3 is 0 Å². The fourth-order valence-corrected chi connectivity index (χ4v) is 3.02. The first-order valence-corrected chi connectivity index (χ1v) is 7.91. The molecule has 0 spiro atoms. The van der Waals surface area contributed by atoms with Crippen LogP contribution >= 0.6 is 0 Å². The average Bonchev–Trinajstić information content (AvgIpc) is 2.52. The van der Waals surface area contributed by atoms with Crippen LogP contribution in [0.1, 0.15) is 32.6 Å². The van der Waals surface area contributed by atoms with E-state index in [9.17, 15) is 0 Å². The molecule has 3 rings (SSSR count). The van der Waals surface area contributed by atoms with E-state index in [1.165, 1.54) is 25.7 Å². The van der Waals surface area contributed by atoms with Crippen molar-refractivity contribution in [3.8, 4) is 11.5 Å². The molecule has 0 saturated heterocycles. The van der Waals surface area contributed by atoms with Crippen molar-refractivity contribution in [3.05, 3.63) is 54.6 Å². The summed E-state index contributed by atoms with van der Waals surface area (Å²) in [6.45, 7) is 2.34. The Labute approximate surface area is 127 Å². The SMILES string of the molecule is CC1CCCCC1Nc1ccccc1Oc1ccccc1. The Bertz CT molecular complexity index is 567. The molecular formula is C19H23NO. The van der Waals surface area contributed by atoms with E-state index in [1.807, 2.05) is 42.5 Å². The lowest BCUT2D eigenvalue weighted by atomic mass is 9.86. The molecule has 1 saturated carbocycles. The van der Waals surface area contributed by atoms with Crippen LogP contribution in [-0.2, 0) is 0 Å². The van der Waals surface area contributed by atoms with Crippen molar-refractivity contribution in [1.82, 2.24) is 0 Å². The van der Waals surface area contributed by atoms with Crippen molar-refractivity contribution < 1.29 is 4.74 Å². The molecule has 0 aliphatic heterocycles. The van der Waals surface area contributed by atoms with E-state index in [0.717, 1.165) is 23.1 Å². The Balaban J connectivity index is 1.76. The van der Waals surface area contributed by atoms with Crippen LogP contribution in [0.3, 0.4) is 0 Å². The van der Waals surface area contributed by atoms with E-state index in [0.29, 0.717) is 6.04 Å². The summed E-state index contributed by atoms with van der Waals surface area (Å²) in [7, 11) is 0. The van der Waals surface area contributed by atoms with Gasteiger partial charge in [-0.25, -0.2) is 0 Å². The molecule has 2 aromatic carbocycles. The van der Waals surface area contributed by atoms with Gasteiger partial charge in [-0.15, -0.1) is 0 Å². The van der Waals surface area contributed by atoms with Gasteiger partial charge in [0.15, 0.2) is 5.75 Å². The van der Waals surface area contributed by atoms with Crippen molar-refractivity contribution in [2.24, 2.45) is 5.92 Å². The fraction of sp³-hybridized carbons (Fsp3) is 0.368. The van der Waals surface area contributed by atoms with Gasteiger partial charge in [0.05, 0.1) is 5.69 Å². The maximum atomic E-state index is 6.02. The van der Waals surface area contributed by atoms with E-state index in [1.54, 1.807) is 0 Å². The maximum absolute atomic E-state index is 6.02. The summed E-state index contributed by atoms with van der Waals surface area (Å²) in [6.07, 6.45) is 5.26. The molecule has 1 fully saturated rings. The summed E-state index contributed by atoms with van der Waals surface area (Å²) >= 11 is 0. The number of ether oxygens (including phenoxy) is 1. The van der Waals surface area contributed by atoms with Gasteiger partial charge in [0.1, 0.15) is 5.75 Å². The monoisotopic (exact) mass is 281 g/mol. The number of hydrogen-bond acceptors (Lipinski definition) is 2. The predicted octanol–water partition coefficient (Wildman–Crippen LogP) is 5.47. The Morgan fingerprint density at radius 1 is 0.905 bits per heavy atom. The minimum absolute atomic E-state index is 0.555. The van der Waals surface area contributed by atoms with Crippen molar-refractivity contribution in [2.45, 2.75) is 38.6 Å². The molecule has 0 aromatic heterocycles. The topological polar surface area (TPSA) is 21.3 Å². The quantitative estimate of drug-likeness (QED) is 0.802. The summed E-state index contributed by atoms with van der Waals surface area (Å²) < 4.78 is 6.02. The zero-order valence-corrected chi connectivity index (χ0v) is 12.6. The van der Waals surface area contributed by atoms with Gasteiger partial charge < -0.3 is 10.1 Å². The van der Waals surface area contributed by atoms with Crippen LogP contribution in [0.25, 0.3) is 0 Å². The molecule has 1 aliphatic carbocycles. The molecule has 2 aromatic rings. The first-order valence-electron chi connectivity index (χ1n) is 7.91. The Kier molecular flexibility index (Phi) is 4.44. The zero-order valence-electron chi connectivity index (χ0n) is 12.6. The van der Waals surface area contributed by atoms with Crippen LogP contribution in [0.4, 0.5) is 5.69 Å². The summed E-state index contributed by atoms with van der Waals surface area (Å²) in [5, 5.41) is 3.69. The van der Waals surface area contributed by atoms with Crippen LogP contribution in [0.5, 0.6) is 11.5 Å². The number of hydrogen-bond donors (Lipinski definition) is 1. The minimum Gasteiger partial charge on any atom is -0.455 e. The third-order valence-electron chi connectivity index (χ3n) is 4.31. The molecule has 1 N–H and O–H groups in total. The predicted molar refractivity (Wildman–Crippen MR) is 88.0 cm³/mol. The van der Waals surface area contributed by atoms with Crippen LogP contribution in [0.15, 0.2) is 54.6 Å². The third-order valence-corrected chi connectivity index (χ3v) is 4.31. The highest BCUT2D eigenvalue weighted by atomic mass is 16.5. The fourth-order valence-electron chi connectivity index (χ4n) is 3.02. The normalized spacial score (nSPS) is 21.8. The first kappa shape index (κ1) is 14.0. The molecule has 0 heterocycles. The van der Waals surface area contributed by atoms with Gasteiger partial charge in [0, 0.05) is 6.04 Å². The molecule has 21 heavy (non-hydrogen) atoms. The minimum atomic E-state index is 0.555. The van der Waals surface area contributed by atoms with Crippen LogP contribution in [-0.4, -0.2) is 6.04 Å². The molecule has 0 radical (unpaired) electrons. The smallest absolute Gasteiger partial charge is 0.150 e. The molecule has 1 aliphatic rings. The Morgan fingerprint density at radius 2 is 1.62 bits per heavy atom. The van der Waals surface area contributed by atoms with Crippen LogP contribution in [0.2, 0.25) is 0 Å². The molecule has 0 amide bonds. The summed E-state index contributed by atoms with van der Waals surface area (Å²) in [4.78, 5) is 0. The second kappa shape index (κ2) is 6.66. The second-order valence-corrected chi connectivity index (χ2v) is 5.92. The molecule has 2 heteroatoms. The average molecular weight is 281 g/mol. The van der Waals surface area contributed by atoms with Crippen LogP contribution < -0.4 is 10.1 Å². The van der Waals surface area contributed by atoms with Gasteiger partial charge in [-0.3, -0.25) is 0 Å². The van der Waals surface area contributed by atoms with Gasteiger partial charge in [-0.1, -0.05) is 50.1 Å². The van der Waals surface area contributed by atoms with Crippen molar-refractivity contribution in [2.75, 3.05) is 5.32 Å². The maximum Gasteiger partial charge on any atom is 0.150 e. The molecule has 2 nitrogen and oxygen atoms in total. The zero-order chi connectivity index (χ0) is 14.5. The number of benzene rings is 2. The number of nitrogens with one attached hydrogen (secondary N) is 1. The van der Waals surface area contributed by atoms with Crippen molar-refractivity contribution in [3.63, 3.8) is 0 Å². The molecule has 110 valence electrons. The standard InChI is InChI=1S/C19H23NO/c1-15-9-5-6-12-17(15)20-18-13-7-8-14-19(18)21-16-10-3-2-4-11-16/h2-4,7-8,10-11,13-15,17,20H,5-6,9,12H2,1H3. The second-order valence-electron chi connectivity index (χ2n) is 5.92. The lowest BCUT2D eigenvalue weighted by Crippen LogP contribution is -2.30. The van der Waals surface area contributed by atoms with E-state index >= 15 is 0 Å². The number of para-hydroxylation sites is 3. The highest BCUT2D eigenvalue weighted by Crippen LogP contribution is 2.33. The highest BCUT2D eigenvalue weighted by molar-refractivity contribution is 5.58. The molecule has 0 bridgehead atoms.